The molecular formula is C25H41N3O8. The van der Waals surface area contributed by atoms with Gasteiger partial charge in [-0.15, -0.1) is 0 Å². The number of carbonyl (C=O) groups is 3. The largest absolute Gasteiger partial charge is 0.443 e. The minimum absolute atomic E-state index is 0.0300. The van der Waals surface area contributed by atoms with Crippen LogP contribution in [0.3, 0.4) is 0 Å². The molecule has 3 fully saturated rings. The SMILES string of the molecule is CO[C@@H]1[C@H](OC(=O)N[C@@H](C(=O)N[C@@H](CO)C(N)=O)C(C)C)CC[C@]2(CO2)[C@H]1[C@]1(C)O[C@@H]1CC=C(C)C. The van der Waals surface area contributed by atoms with Crippen molar-refractivity contribution in [2.75, 3.05) is 20.3 Å². The van der Waals surface area contributed by atoms with E-state index in [9.17, 15) is 19.5 Å². The Labute approximate surface area is 212 Å². The molecule has 0 aromatic carbocycles. The first-order valence-corrected chi connectivity index (χ1v) is 12.5. The molecule has 0 radical (unpaired) electrons. The van der Waals surface area contributed by atoms with Gasteiger partial charge in [0.2, 0.25) is 11.8 Å². The smallest absolute Gasteiger partial charge is 0.408 e. The lowest BCUT2D eigenvalue weighted by atomic mass is 9.68. The highest BCUT2D eigenvalue weighted by Gasteiger charge is 2.72. The number of amides is 3. The molecule has 8 atom stereocenters. The second-order valence-electron chi connectivity index (χ2n) is 10.8. The van der Waals surface area contributed by atoms with Gasteiger partial charge in [-0.3, -0.25) is 9.59 Å². The Balaban J connectivity index is 1.68. The van der Waals surface area contributed by atoms with Gasteiger partial charge in [0.1, 0.15) is 35.5 Å². The topological polar surface area (TPSA) is 165 Å². The van der Waals surface area contributed by atoms with Crippen LogP contribution in [0.5, 0.6) is 0 Å². The third kappa shape index (κ3) is 6.01. The Hall–Kier alpha value is -2.21. The van der Waals surface area contributed by atoms with Crippen LogP contribution in [0.1, 0.15) is 53.9 Å². The molecule has 2 saturated heterocycles. The molecule has 1 saturated carbocycles. The van der Waals surface area contributed by atoms with E-state index in [1.807, 2.05) is 0 Å². The predicted octanol–water partition coefficient (Wildman–Crippen LogP) is 0.776. The molecule has 11 heteroatoms. The highest BCUT2D eigenvalue weighted by atomic mass is 16.6. The second-order valence-corrected chi connectivity index (χ2v) is 10.8. The molecule has 3 rings (SSSR count). The normalized spacial score (nSPS) is 34.4. The summed E-state index contributed by atoms with van der Waals surface area (Å²) in [5.41, 5.74) is 5.60. The number of methoxy groups -OCH3 is 1. The third-order valence-corrected chi connectivity index (χ3v) is 7.56. The van der Waals surface area contributed by atoms with E-state index >= 15 is 0 Å². The molecule has 2 heterocycles. The van der Waals surface area contributed by atoms with Crippen LogP contribution in [0.15, 0.2) is 11.6 Å². The number of nitrogens with two attached hydrogens (primary N) is 1. The summed E-state index contributed by atoms with van der Waals surface area (Å²) in [7, 11) is 1.59. The quantitative estimate of drug-likeness (QED) is 0.233. The van der Waals surface area contributed by atoms with E-state index in [1.54, 1.807) is 21.0 Å². The zero-order chi connectivity index (χ0) is 26.8. The molecule has 36 heavy (non-hydrogen) atoms. The Morgan fingerprint density at radius 1 is 1.25 bits per heavy atom. The lowest BCUT2D eigenvalue weighted by Crippen LogP contribution is -2.58. The fourth-order valence-electron chi connectivity index (χ4n) is 5.37. The molecule has 1 aliphatic carbocycles. The summed E-state index contributed by atoms with van der Waals surface area (Å²) in [5, 5.41) is 14.2. The summed E-state index contributed by atoms with van der Waals surface area (Å²) in [5.74, 6) is -1.96. The van der Waals surface area contributed by atoms with E-state index in [-0.39, 0.29) is 23.5 Å². The molecule has 0 aromatic heterocycles. The summed E-state index contributed by atoms with van der Waals surface area (Å²) in [6.45, 7) is 9.62. The zero-order valence-electron chi connectivity index (χ0n) is 22.0. The van der Waals surface area contributed by atoms with Gasteiger partial charge in [-0.1, -0.05) is 25.5 Å². The van der Waals surface area contributed by atoms with Gasteiger partial charge >= 0.3 is 6.09 Å². The lowest BCUT2D eigenvalue weighted by molar-refractivity contribution is -0.130. The molecule has 2 aliphatic heterocycles. The maximum atomic E-state index is 12.9. The second kappa shape index (κ2) is 11.0. The zero-order valence-corrected chi connectivity index (χ0v) is 22.0. The first kappa shape index (κ1) is 28.4. The van der Waals surface area contributed by atoms with Crippen molar-refractivity contribution in [3.05, 3.63) is 11.6 Å². The van der Waals surface area contributed by atoms with Crippen LogP contribution >= 0.6 is 0 Å². The summed E-state index contributed by atoms with van der Waals surface area (Å²) < 4.78 is 23.8. The van der Waals surface area contributed by atoms with Crippen LogP contribution in [0.4, 0.5) is 4.79 Å². The van der Waals surface area contributed by atoms with Crippen molar-refractivity contribution in [3.8, 4) is 0 Å². The van der Waals surface area contributed by atoms with E-state index in [2.05, 4.69) is 37.5 Å². The van der Waals surface area contributed by atoms with Crippen LogP contribution in [0, 0.1) is 11.8 Å². The standard InChI is InChI=1S/C25H41N3O8/c1-13(2)7-8-17-24(5,36-17)20-19(33-6)16(9-10-25(20)12-34-25)35-23(32)28-18(14(3)4)22(31)27-15(11-29)21(26)30/h7,14-20,29H,8-12H2,1-6H3,(H2,26,30)(H,27,31)(H,28,32)/t15-,16+,17+,18+,19+,20+,24+,25-/m0/s1. The fourth-order valence-corrected chi connectivity index (χ4v) is 5.37. The maximum Gasteiger partial charge on any atom is 0.408 e. The van der Waals surface area contributed by atoms with Gasteiger partial charge in [-0.05, 0) is 46.0 Å². The van der Waals surface area contributed by atoms with Crippen molar-refractivity contribution < 1.29 is 38.4 Å². The van der Waals surface area contributed by atoms with Crippen molar-refractivity contribution in [3.63, 3.8) is 0 Å². The summed E-state index contributed by atoms with van der Waals surface area (Å²) in [6.07, 6.45) is 2.43. The van der Waals surface area contributed by atoms with E-state index in [1.165, 1.54) is 5.57 Å². The fraction of sp³-hybridized carbons (Fsp3) is 0.800. The average molecular weight is 512 g/mol. The number of epoxide rings is 2. The highest BCUT2D eigenvalue weighted by Crippen LogP contribution is 2.59. The number of ether oxygens (including phenoxy) is 4. The summed E-state index contributed by atoms with van der Waals surface area (Å²) >= 11 is 0. The minimum atomic E-state index is -1.25. The van der Waals surface area contributed by atoms with Gasteiger partial charge in [0.05, 0.1) is 25.2 Å². The number of rotatable bonds is 11. The van der Waals surface area contributed by atoms with Gasteiger partial charge in [-0.25, -0.2) is 4.79 Å². The van der Waals surface area contributed by atoms with Crippen LogP contribution in [0.2, 0.25) is 0 Å². The summed E-state index contributed by atoms with van der Waals surface area (Å²) in [4.78, 5) is 36.9. The van der Waals surface area contributed by atoms with Gasteiger partial charge < -0.3 is 40.4 Å². The number of nitrogens with one attached hydrogen (secondary N) is 2. The van der Waals surface area contributed by atoms with Gasteiger partial charge in [0.25, 0.3) is 0 Å². The van der Waals surface area contributed by atoms with Crippen molar-refractivity contribution in [1.29, 1.82) is 0 Å². The van der Waals surface area contributed by atoms with Gasteiger partial charge in [0.15, 0.2) is 0 Å². The van der Waals surface area contributed by atoms with E-state index < -0.39 is 54.4 Å². The monoisotopic (exact) mass is 511 g/mol. The third-order valence-electron chi connectivity index (χ3n) is 7.56. The molecule has 5 N–H and O–H groups in total. The highest BCUT2D eigenvalue weighted by molar-refractivity contribution is 5.90. The maximum absolute atomic E-state index is 12.9. The molecule has 1 spiro atoms. The molecule has 0 aromatic rings. The molecule has 11 nitrogen and oxygen atoms in total. The van der Waals surface area contributed by atoms with E-state index in [0.29, 0.717) is 19.4 Å². The Kier molecular flexibility index (Phi) is 8.70. The average Bonchev–Trinajstić information content (AvgIpc) is 3.72. The molecule has 204 valence electrons. The molecule has 3 aliphatic rings. The minimum Gasteiger partial charge on any atom is -0.443 e. The Morgan fingerprint density at radius 2 is 1.92 bits per heavy atom. The van der Waals surface area contributed by atoms with Crippen molar-refractivity contribution >= 4 is 17.9 Å². The molecule has 3 amide bonds. The Morgan fingerprint density at radius 3 is 2.42 bits per heavy atom. The number of alkyl carbamates (subject to hydrolysis) is 1. The van der Waals surface area contributed by atoms with Crippen molar-refractivity contribution in [1.82, 2.24) is 10.6 Å². The van der Waals surface area contributed by atoms with Crippen molar-refractivity contribution in [2.24, 2.45) is 17.6 Å². The van der Waals surface area contributed by atoms with E-state index in [0.717, 1.165) is 6.42 Å². The first-order chi connectivity index (χ1) is 16.9. The number of carbonyl (C=O) groups excluding carboxylic acids is 3. The van der Waals surface area contributed by atoms with Crippen molar-refractivity contribution in [2.45, 2.75) is 95.5 Å². The number of primary amides is 1. The molecular weight excluding hydrogens is 470 g/mol. The molecule has 0 bridgehead atoms. The van der Waals surface area contributed by atoms with Gasteiger partial charge in [-0.2, -0.15) is 0 Å². The van der Waals surface area contributed by atoms with Crippen LogP contribution in [-0.4, -0.2) is 84.9 Å². The van der Waals surface area contributed by atoms with Crippen LogP contribution in [0.25, 0.3) is 0 Å². The number of hydrogen-bond donors (Lipinski definition) is 4. The number of allylic oxidation sites excluding steroid dienone is 1. The van der Waals surface area contributed by atoms with E-state index in [4.69, 9.17) is 24.7 Å². The van der Waals surface area contributed by atoms with Crippen LogP contribution in [-0.2, 0) is 28.5 Å². The number of aliphatic hydroxyl groups excluding tert-OH is 1. The van der Waals surface area contributed by atoms with Crippen LogP contribution < -0.4 is 16.4 Å². The Bertz CT molecular complexity index is 869. The summed E-state index contributed by atoms with van der Waals surface area (Å²) in [6, 6.07) is -2.25. The molecule has 0 unspecified atom stereocenters. The number of hydrogen-bond acceptors (Lipinski definition) is 8. The lowest BCUT2D eigenvalue weighted by Gasteiger charge is -2.42. The first-order valence-electron chi connectivity index (χ1n) is 12.5. The van der Waals surface area contributed by atoms with Gasteiger partial charge in [0, 0.05) is 7.11 Å². The predicted molar refractivity (Wildman–Crippen MR) is 130 cm³/mol. The number of aliphatic hydroxyl groups is 1.